The van der Waals surface area contributed by atoms with Gasteiger partial charge in [-0.3, -0.25) is 9.69 Å². The molecule has 27 heavy (non-hydrogen) atoms. The molecule has 0 spiro atoms. The summed E-state index contributed by atoms with van der Waals surface area (Å²) in [5.41, 5.74) is 5.62. The van der Waals surface area contributed by atoms with E-state index in [9.17, 15) is 22.8 Å². The topological polar surface area (TPSA) is 95.1 Å². The number of hydrogen-bond donors (Lipinski definition) is 3. The van der Waals surface area contributed by atoms with Crippen LogP contribution in [0.2, 0.25) is 0 Å². The van der Waals surface area contributed by atoms with E-state index < -0.39 is 30.3 Å². The molecule has 1 fully saturated rings. The highest BCUT2D eigenvalue weighted by molar-refractivity contribution is 5.90. The Balaban J connectivity index is 1.95. The summed E-state index contributed by atoms with van der Waals surface area (Å²) in [6.45, 7) is 3.72. The summed E-state index contributed by atoms with van der Waals surface area (Å²) in [6, 6.07) is 3.94. The van der Waals surface area contributed by atoms with E-state index in [1.807, 2.05) is 5.32 Å². The molecule has 0 saturated carbocycles. The minimum absolute atomic E-state index is 0.0164. The lowest BCUT2D eigenvalue weighted by molar-refractivity contribution is -0.132. The quantitative estimate of drug-likeness (QED) is 0.197. The van der Waals surface area contributed by atoms with E-state index in [0.717, 1.165) is 11.0 Å². The number of carbonyl (C=O) groups excluding carboxylic acids is 2. The number of halogens is 3. The van der Waals surface area contributed by atoms with Crippen molar-refractivity contribution in [1.82, 2.24) is 16.2 Å². The second-order valence-electron chi connectivity index (χ2n) is 5.37. The summed E-state index contributed by atoms with van der Waals surface area (Å²) in [7, 11) is 0. The summed E-state index contributed by atoms with van der Waals surface area (Å²) in [6.07, 6.45) is -1.86. The van der Waals surface area contributed by atoms with Gasteiger partial charge in [-0.15, -0.1) is 6.58 Å². The average molecular weight is 385 g/mol. The zero-order chi connectivity index (χ0) is 19.8. The molecular weight excluding hydrogens is 367 g/mol. The van der Waals surface area contributed by atoms with Gasteiger partial charge in [0.25, 0.3) is 5.91 Å². The number of aliphatic imine (C=N–C) groups is 1. The average Bonchev–Trinajstić information content (AvgIpc) is 3.01. The minimum Gasteiger partial charge on any atom is -0.442 e. The molecule has 3 N–H and O–H groups in total. The van der Waals surface area contributed by atoms with Gasteiger partial charge in [-0.1, -0.05) is 6.08 Å². The van der Waals surface area contributed by atoms with Crippen molar-refractivity contribution in [3.05, 3.63) is 36.7 Å². The molecule has 8 nitrogen and oxygen atoms in total. The van der Waals surface area contributed by atoms with Gasteiger partial charge in [-0.2, -0.15) is 8.78 Å². The molecular formula is C16H18F3N5O3. The molecule has 2 amide bonds. The van der Waals surface area contributed by atoms with Gasteiger partial charge in [-0.05, 0) is 18.2 Å². The number of amides is 2. The Bertz CT molecular complexity index is 729. The molecule has 1 aliphatic rings. The fraction of sp³-hybridized carbons (Fsp3) is 0.312. The molecule has 11 heteroatoms. The predicted octanol–water partition coefficient (Wildman–Crippen LogP) is 1.47. The summed E-state index contributed by atoms with van der Waals surface area (Å²) in [4.78, 5) is 27.8. The summed E-state index contributed by atoms with van der Waals surface area (Å²) in [5.74, 6) is -2.12. The minimum atomic E-state index is -3.15. The summed E-state index contributed by atoms with van der Waals surface area (Å²) in [5, 5.41) is 1.97. The number of nitrogens with zero attached hydrogens (tertiary/aromatic N) is 2. The normalized spacial score (nSPS) is 16.7. The van der Waals surface area contributed by atoms with Crippen LogP contribution in [-0.4, -0.2) is 50.5 Å². The molecule has 0 radical (unpaired) electrons. The van der Waals surface area contributed by atoms with Gasteiger partial charge >= 0.3 is 12.5 Å². The van der Waals surface area contributed by atoms with Crippen molar-refractivity contribution in [3.8, 4) is 0 Å². The monoisotopic (exact) mass is 385 g/mol. The van der Waals surface area contributed by atoms with Gasteiger partial charge in [0.15, 0.2) is 5.82 Å². The van der Waals surface area contributed by atoms with Gasteiger partial charge < -0.3 is 15.5 Å². The number of anilines is 1. The lowest BCUT2D eigenvalue weighted by Crippen LogP contribution is -2.37. The van der Waals surface area contributed by atoms with Crippen LogP contribution in [-0.2, 0) is 9.53 Å². The molecule has 0 aromatic heterocycles. The number of carbonyl (C=O) groups is 2. The Morgan fingerprint density at radius 2 is 2.26 bits per heavy atom. The van der Waals surface area contributed by atoms with Crippen LogP contribution in [0.4, 0.5) is 29.3 Å². The number of ether oxygens (including phenoxy) is 1. The number of nitrogens with one attached hydrogen (secondary N) is 3. The van der Waals surface area contributed by atoms with Crippen LogP contribution in [0.1, 0.15) is 0 Å². The van der Waals surface area contributed by atoms with Crippen LogP contribution < -0.4 is 21.1 Å². The van der Waals surface area contributed by atoms with Crippen LogP contribution in [0.3, 0.4) is 0 Å². The van der Waals surface area contributed by atoms with Crippen molar-refractivity contribution in [3.63, 3.8) is 0 Å². The molecule has 1 atom stereocenters. The maximum Gasteiger partial charge on any atom is 0.414 e. The van der Waals surface area contributed by atoms with Crippen molar-refractivity contribution in [1.29, 1.82) is 0 Å². The van der Waals surface area contributed by atoms with E-state index in [4.69, 9.17) is 4.74 Å². The molecule has 0 unspecified atom stereocenters. The standard InChI is InChI=1S/C16H18F3N5O3/c1-2-5-22-23-9-21-13-4-3-10(6-12(13)17)24-8-11(27-16(24)26)7-20-15(25)14(18)19/h2-4,6,9,11,14,22H,1,5,7-8H2,(H,20,25)(H,21,23)/t11-/m0/s1. The number of rotatable bonds is 9. The van der Waals surface area contributed by atoms with E-state index in [1.165, 1.54) is 18.5 Å². The van der Waals surface area contributed by atoms with E-state index >= 15 is 0 Å². The predicted molar refractivity (Wildman–Crippen MR) is 92.5 cm³/mol. The molecule has 1 aromatic rings. The van der Waals surface area contributed by atoms with Crippen molar-refractivity contribution < 1.29 is 27.5 Å². The third-order valence-electron chi connectivity index (χ3n) is 3.44. The van der Waals surface area contributed by atoms with Gasteiger partial charge in [0.2, 0.25) is 0 Å². The first kappa shape index (κ1) is 20.2. The summed E-state index contributed by atoms with van der Waals surface area (Å²) < 4.78 is 43.4. The number of hydrogen-bond acceptors (Lipinski definition) is 5. The Hall–Kier alpha value is -3.08. The van der Waals surface area contributed by atoms with Crippen LogP contribution in [0, 0.1) is 5.82 Å². The maximum absolute atomic E-state index is 14.1. The van der Waals surface area contributed by atoms with Gasteiger partial charge in [0, 0.05) is 6.54 Å². The highest BCUT2D eigenvalue weighted by atomic mass is 19.3. The zero-order valence-electron chi connectivity index (χ0n) is 14.1. The first-order chi connectivity index (χ1) is 12.9. The molecule has 146 valence electrons. The smallest absolute Gasteiger partial charge is 0.414 e. The van der Waals surface area contributed by atoms with E-state index in [0.29, 0.717) is 6.54 Å². The fourth-order valence-corrected chi connectivity index (χ4v) is 2.18. The maximum atomic E-state index is 14.1. The third-order valence-corrected chi connectivity index (χ3v) is 3.44. The Kier molecular flexibility index (Phi) is 7.17. The SMILES string of the molecule is C=CCNNC=Nc1ccc(N2C[C@H](CNC(=O)C(F)F)OC2=O)cc1F. The van der Waals surface area contributed by atoms with Crippen molar-refractivity contribution in [2.24, 2.45) is 4.99 Å². The van der Waals surface area contributed by atoms with E-state index in [-0.39, 0.29) is 24.5 Å². The largest absolute Gasteiger partial charge is 0.442 e. The van der Waals surface area contributed by atoms with E-state index in [1.54, 1.807) is 6.08 Å². The van der Waals surface area contributed by atoms with Gasteiger partial charge in [0.1, 0.15) is 18.1 Å². The number of benzene rings is 1. The van der Waals surface area contributed by atoms with Crippen LogP contribution in [0.15, 0.2) is 35.8 Å². The molecule has 1 heterocycles. The number of hydrazine groups is 1. The molecule has 2 rings (SSSR count). The second kappa shape index (κ2) is 9.57. The van der Waals surface area contributed by atoms with Crippen LogP contribution in [0.5, 0.6) is 0 Å². The van der Waals surface area contributed by atoms with Crippen molar-refractivity contribution in [2.45, 2.75) is 12.5 Å². The van der Waals surface area contributed by atoms with Crippen LogP contribution >= 0.6 is 0 Å². The highest BCUT2D eigenvalue weighted by Gasteiger charge is 2.33. The number of cyclic esters (lactones) is 1. The molecule has 1 aliphatic heterocycles. The molecule has 0 aliphatic carbocycles. The number of alkyl halides is 2. The lowest BCUT2D eigenvalue weighted by Gasteiger charge is -2.13. The lowest BCUT2D eigenvalue weighted by atomic mass is 10.2. The first-order valence-corrected chi connectivity index (χ1v) is 7.87. The Morgan fingerprint density at radius 1 is 1.48 bits per heavy atom. The van der Waals surface area contributed by atoms with Crippen molar-refractivity contribution in [2.75, 3.05) is 24.5 Å². The Labute approximate surface area is 153 Å². The third kappa shape index (κ3) is 5.71. The van der Waals surface area contributed by atoms with Crippen molar-refractivity contribution >= 4 is 29.7 Å². The fourth-order valence-electron chi connectivity index (χ4n) is 2.18. The zero-order valence-corrected chi connectivity index (χ0v) is 14.1. The van der Waals surface area contributed by atoms with Gasteiger partial charge in [0.05, 0.1) is 18.8 Å². The summed E-state index contributed by atoms with van der Waals surface area (Å²) >= 11 is 0. The highest BCUT2D eigenvalue weighted by Crippen LogP contribution is 2.27. The molecule has 1 saturated heterocycles. The van der Waals surface area contributed by atoms with Gasteiger partial charge in [-0.25, -0.2) is 19.6 Å². The molecule has 1 aromatic carbocycles. The second-order valence-corrected chi connectivity index (χ2v) is 5.37. The molecule has 0 bridgehead atoms. The Morgan fingerprint density at radius 3 is 2.93 bits per heavy atom. The van der Waals surface area contributed by atoms with E-state index in [2.05, 4.69) is 22.4 Å². The first-order valence-electron chi connectivity index (χ1n) is 7.87. The van der Waals surface area contributed by atoms with Crippen LogP contribution in [0.25, 0.3) is 0 Å².